The fourth-order valence-corrected chi connectivity index (χ4v) is 2.77. The van der Waals surface area contributed by atoms with Crippen molar-refractivity contribution in [3.8, 4) is 0 Å². The van der Waals surface area contributed by atoms with Gasteiger partial charge in [-0.25, -0.2) is 0 Å². The molecule has 0 saturated carbocycles. The first kappa shape index (κ1) is 14.1. The molecular weight excluding hydrogens is 309 g/mol. The third-order valence-corrected chi connectivity index (χ3v) is 4.06. The van der Waals surface area contributed by atoms with E-state index < -0.39 is 0 Å². The SMILES string of the molecule is CC1C(=O)Nc2c(C(=O)c3ccc(Cl)cc3)cc(Cl)cc21. The topological polar surface area (TPSA) is 46.2 Å². The van der Waals surface area contributed by atoms with Gasteiger partial charge in [-0.2, -0.15) is 0 Å². The fourth-order valence-electron chi connectivity index (χ4n) is 2.42. The molecule has 0 fully saturated rings. The smallest absolute Gasteiger partial charge is 0.231 e. The number of rotatable bonds is 2. The maximum absolute atomic E-state index is 12.6. The summed E-state index contributed by atoms with van der Waals surface area (Å²) < 4.78 is 0. The van der Waals surface area contributed by atoms with Crippen LogP contribution in [-0.4, -0.2) is 11.7 Å². The van der Waals surface area contributed by atoms with Crippen molar-refractivity contribution in [1.82, 2.24) is 0 Å². The first-order valence-corrected chi connectivity index (χ1v) is 7.17. The van der Waals surface area contributed by atoms with Gasteiger partial charge in [0.25, 0.3) is 0 Å². The van der Waals surface area contributed by atoms with Crippen molar-refractivity contribution in [2.45, 2.75) is 12.8 Å². The number of fused-ring (bicyclic) bond motifs is 1. The molecule has 0 aliphatic carbocycles. The molecule has 2 aromatic carbocycles. The monoisotopic (exact) mass is 319 g/mol. The predicted molar refractivity (Wildman–Crippen MR) is 83.4 cm³/mol. The summed E-state index contributed by atoms with van der Waals surface area (Å²) in [6.07, 6.45) is 0. The molecule has 0 aromatic heterocycles. The Morgan fingerprint density at radius 3 is 2.43 bits per heavy atom. The highest BCUT2D eigenvalue weighted by atomic mass is 35.5. The van der Waals surface area contributed by atoms with Gasteiger partial charge in [-0.05, 0) is 48.9 Å². The average Bonchev–Trinajstić information content (AvgIpc) is 2.74. The van der Waals surface area contributed by atoms with Crippen LogP contribution in [0.1, 0.15) is 34.3 Å². The third kappa shape index (κ3) is 2.43. The Kier molecular flexibility index (Phi) is 3.47. The third-order valence-electron chi connectivity index (χ3n) is 3.59. The lowest BCUT2D eigenvalue weighted by molar-refractivity contribution is -0.116. The zero-order chi connectivity index (χ0) is 15.1. The van der Waals surface area contributed by atoms with E-state index in [-0.39, 0.29) is 17.6 Å². The maximum Gasteiger partial charge on any atom is 0.231 e. The minimum atomic E-state index is -0.310. The highest BCUT2D eigenvalue weighted by Gasteiger charge is 2.31. The molecule has 1 aliphatic heterocycles. The van der Waals surface area contributed by atoms with E-state index in [1.807, 2.05) is 0 Å². The zero-order valence-electron chi connectivity index (χ0n) is 11.1. The minimum absolute atomic E-state index is 0.127. The number of carbonyl (C=O) groups is 2. The summed E-state index contributed by atoms with van der Waals surface area (Å²) in [5.74, 6) is -0.632. The van der Waals surface area contributed by atoms with Gasteiger partial charge in [0.1, 0.15) is 0 Å². The molecule has 1 aliphatic rings. The van der Waals surface area contributed by atoms with Crippen LogP contribution >= 0.6 is 23.2 Å². The fraction of sp³-hybridized carbons (Fsp3) is 0.125. The number of halogens is 2. The van der Waals surface area contributed by atoms with E-state index in [1.165, 1.54) is 0 Å². The van der Waals surface area contributed by atoms with Crippen LogP contribution in [0.5, 0.6) is 0 Å². The molecule has 1 atom stereocenters. The molecule has 0 saturated heterocycles. The number of benzene rings is 2. The van der Waals surface area contributed by atoms with E-state index in [4.69, 9.17) is 23.2 Å². The Bertz CT molecular complexity index is 754. The molecule has 1 unspecified atom stereocenters. The minimum Gasteiger partial charge on any atom is -0.325 e. The van der Waals surface area contributed by atoms with E-state index >= 15 is 0 Å². The molecule has 3 nitrogen and oxygen atoms in total. The molecule has 0 radical (unpaired) electrons. The van der Waals surface area contributed by atoms with Gasteiger partial charge in [-0.1, -0.05) is 23.2 Å². The van der Waals surface area contributed by atoms with Crippen LogP contribution in [0.15, 0.2) is 36.4 Å². The molecule has 3 rings (SSSR count). The van der Waals surface area contributed by atoms with Gasteiger partial charge in [-0.15, -0.1) is 0 Å². The molecule has 0 bridgehead atoms. The summed E-state index contributed by atoms with van der Waals surface area (Å²) in [6, 6.07) is 9.91. The average molecular weight is 320 g/mol. The number of hydrogen-bond donors (Lipinski definition) is 1. The van der Waals surface area contributed by atoms with Crippen LogP contribution in [0.3, 0.4) is 0 Å². The van der Waals surface area contributed by atoms with Crippen LogP contribution in [0, 0.1) is 0 Å². The lowest BCUT2D eigenvalue weighted by atomic mass is 9.96. The van der Waals surface area contributed by atoms with Gasteiger partial charge in [0.2, 0.25) is 5.91 Å². The second-order valence-electron chi connectivity index (χ2n) is 4.96. The summed E-state index contributed by atoms with van der Waals surface area (Å²) in [6.45, 7) is 1.79. The highest BCUT2D eigenvalue weighted by molar-refractivity contribution is 6.32. The molecule has 21 heavy (non-hydrogen) atoms. The van der Waals surface area contributed by atoms with Crippen LogP contribution in [0.25, 0.3) is 0 Å². The van der Waals surface area contributed by atoms with Crippen LogP contribution < -0.4 is 5.32 Å². The predicted octanol–water partition coefficient (Wildman–Crippen LogP) is 4.28. The van der Waals surface area contributed by atoms with Crippen molar-refractivity contribution < 1.29 is 9.59 Å². The van der Waals surface area contributed by atoms with Gasteiger partial charge < -0.3 is 5.32 Å². The van der Waals surface area contributed by atoms with Crippen molar-refractivity contribution in [1.29, 1.82) is 0 Å². The Labute approximate surface area is 131 Å². The number of anilines is 1. The molecule has 1 N–H and O–H groups in total. The zero-order valence-corrected chi connectivity index (χ0v) is 12.6. The van der Waals surface area contributed by atoms with Crippen molar-refractivity contribution in [2.24, 2.45) is 0 Å². The largest absolute Gasteiger partial charge is 0.325 e. The van der Waals surface area contributed by atoms with Crippen molar-refractivity contribution in [3.63, 3.8) is 0 Å². The molecule has 5 heteroatoms. The van der Waals surface area contributed by atoms with E-state index in [1.54, 1.807) is 43.3 Å². The Morgan fingerprint density at radius 2 is 1.76 bits per heavy atom. The number of hydrogen-bond acceptors (Lipinski definition) is 2. The molecule has 106 valence electrons. The van der Waals surface area contributed by atoms with Crippen LogP contribution in [-0.2, 0) is 4.79 Å². The lowest BCUT2D eigenvalue weighted by Gasteiger charge is -2.09. The summed E-state index contributed by atoms with van der Waals surface area (Å²) in [5, 5.41) is 3.76. The molecule has 1 amide bonds. The Hall–Kier alpha value is -1.84. The number of amides is 1. The summed E-state index contributed by atoms with van der Waals surface area (Å²) >= 11 is 11.9. The van der Waals surface area contributed by atoms with Gasteiger partial charge in [0, 0.05) is 21.2 Å². The van der Waals surface area contributed by atoms with E-state index in [0.29, 0.717) is 26.9 Å². The summed E-state index contributed by atoms with van der Waals surface area (Å²) in [5.41, 5.74) is 2.21. The number of carbonyl (C=O) groups excluding carboxylic acids is 2. The summed E-state index contributed by atoms with van der Waals surface area (Å²) in [7, 11) is 0. The molecule has 0 spiro atoms. The Morgan fingerprint density at radius 1 is 1.10 bits per heavy atom. The number of ketones is 1. The van der Waals surface area contributed by atoms with Crippen LogP contribution in [0.4, 0.5) is 5.69 Å². The standard InChI is InChI=1S/C16H11Cl2NO2/c1-8-12-6-11(18)7-13(14(12)19-16(8)21)15(20)9-2-4-10(17)5-3-9/h2-8H,1H3,(H,19,21). The molecular formula is C16H11Cl2NO2. The van der Waals surface area contributed by atoms with Gasteiger partial charge in [0.05, 0.1) is 11.6 Å². The van der Waals surface area contributed by atoms with Crippen molar-refractivity contribution in [3.05, 3.63) is 63.1 Å². The normalized spacial score (nSPS) is 16.5. The van der Waals surface area contributed by atoms with E-state index in [2.05, 4.69) is 5.32 Å². The van der Waals surface area contributed by atoms with Crippen LogP contribution in [0.2, 0.25) is 10.0 Å². The van der Waals surface area contributed by atoms with E-state index in [9.17, 15) is 9.59 Å². The van der Waals surface area contributed by atoms with Gasteiger partial charge >= 0.3 is 0 Å². The van der Waals surface area contributed by atoms with Crippen molar-refractivity contribution >= 4 is 40.6 Å². The summed E-state index contributed by atoms with van der Waals surface area (Å²) in [4.78, 5) is 24.4. The van der Waals surface area contributed by atoms with Crippen molar-refractivity contribution in [2.75, 3.05) is 5.32 Å². The molecule has 2 aromatic rings. The van der Waals surface area contributed by atoms with Gasteiger partial charge in [0.15, 0.2) is 5.78 Å². The van der Waals surface area contributed by atoms with Gasteiger partial charge in [-0.3, -0.25) is 9.59 Å². The highest BCUT2D eigenvalue weighted by Crippen LogP contribution is 2.38. The first-order valence-electron chi connectivity index (χ1n) is 6.42. The second kappa shape index (κ2) is 5.17. The molecule has 1 heterocycles. The van der Waals surface area contributed by atoms with E-state index in [0.717, 1.165) is 5.56 Å². The lowest BCUT2D eigenvalue weighted by Crippen LogP contribution is -2.10. The quantitative estimate of drug-likeness (QED) is 0.840. The number of nitrogens with one attached hydrogen (secondary N) is 1. The first-order chi connectivity index (χ1) is 9.97. The Balaban J connectivity index is 2.11. The second-order valence-corrected chi connectivity index (χ2v) is 5.84. The maximum atomic E-state index is 12.6.